The molecule has 0 bridgehead atoms. The Bertz CT molecular complexity index is 273. The molecule has 1 aliphatic heterocycles. The molecular weight excluding hydrogens is 276 g/mol. The molecule has 1 aliphatic rings. The van der Waals surface area contributed by atoms with Gasteiger partial charge in [-0.05, 0) is 12.8 Å². The van der Waals surface area contributed by atoms with Crippen molar-refractivity contribution in [2.75, 3.05) is 6.61 Å². The van der Waals surface area contributed by atoms with Gasteiger partial charge in [-0.15, -0.1) is 0 Å². The lowest BCUT2D eigenvalue weighted by Gasteiger charge is -2.40. The normalized spacial score (nSPS) is 34.9. The number of hydrogen-bond donors (Lipinski definition) is 4. The van der Waals surface area contributed by atoms with Crippen LogP contribution >= 0.6 is 0 Å². The van der Waals surface area contributed by atoms with Gasteiger partial charge in [-0.1, -0.05) is 39.5 Å². The van der Waals surface area contributed by atoms with Crippen LogP contribution in [-0.4, -0.2) is 63.8 Å². The smallest absolute Gasteiger partial charge is 0.186 e. The van der Waals surface area contributed by atoms with Gasteiger partial charge in [-0.2, -0.15) is 0 Å². The lowest BCUT2D eigenvalue weighted by atomic mass is 9.99. The van der Waals surface area contributed by atoms with E-state index in [4.69, 9.17) is 14.6 Å². The summed E-state index contributed by atoms with van der Waals surface area (Å²) in [4.78, 5) is 0. The lowest BCUT2D eigenvalue weighted by Crippen LogP contribution is -2.59. The summed E-state index contributed by atoms with van der Waals surface area (Å²) >= 11 is 0. The molecule has 0 saturated carbocycles. The van der Waals surface area contributed by atoms with Gasteiger partial charge >= 0.3 is 0 Å². The third-order valence-corrected chi connectivity index (χ3v) is 4.01. The van der Waals surface area contributed by atoms with Crippen molar-refractivity contribution in [2.45, 2.75) is 89.2 Å². The lowest BCUT2D eigenvalue weighted by molar-refractivity contribution is -0.311. The van der Waals surface area contributed by atoms with E-state index in [0.29, 0.717) is 0 Å². The Morgan fingerprint density at radius 3 is 2.29 bits per heavy atom. The minimum atomic E-state index is -1.38. The Kier molecular flexibility index (Phi) is 8.70. The fraction of sp³-hybridized carbons (Fsp3) is 1.00. The second-order valence-corrected chi connectivity index (χ2v) is 5.71. The number of hydrogen-bond acceptors (Lipinski definition) is 6. The Morgan fingerprint density at radius 2 is 1.71 bits per heavy atom. The molecule has 6 atom stereocenters. The average Bonchev–Trinajstić information content (AvgIpc) is 2.50. The first-order chi connectivity index (χ1) is 10.0. The number of aliphatic hydroxyl groups is 4. The molecule has 0 aromatic heterocycles. The molecule has 0 aliphatic carbocycles. The van der Waals surface area contributed by atoms with Crippen LogP contribution in [0.5, 0.6) is 0 Å². The van der Waals surface area contributed by atoms with Gasteiger partial charge in [0.15, 0.2) is 6.29 Å². The Balaban J connectivity index is 2.49. The van der Waals surface area contributed by atoms with Crippen molar-refractivity contribution in [3.63, 3.8) is 0 Å². The molecule has 0 aromatic rings. The molecule has 6 nitrogen and oxygen atoms in total. The third kappa shape index (κ3) is 5.47. The van der Waals surface area contributed by atoms with Crippen LogP contribution in [0.4, 0.5) is 0 Å². The molecule has 1 rings (SSSR count). The van der Waals surface area contributed by atoms with E-state index >= 15 is 0 Å². The number of ether oxygens (including phenoxy) is 2. The molecule has 126 valence electrons. The van der Waals surface area contributed by atoms with Gasteiger partial charge in [0, 0.05) is 0 Å². The summed E-state index contributed by atoms with van der Waals surface area (Å²) in [7, 11) is 0. The Hall–Kier alpha value is -0.240. The quantitative estimate of drug-likeness (QED) is 0.464. The van der Waals surface area contributed by atoms with Crippen LogP contribution in [-0.2, 0) is 9.47 Å². The fourth-order valence-electron chi connectivity index (χ4n) is 2.54. The zero-order valence-corrected chi connectivity index (χ0v) is 13.0. The highest BCUT2D eigenvalue weighted by Gasteiger charge is 2.44. The van der Waals surface area contributed by atoms with Crippen molar-refractivity contribution < 1.29 is 29.9 Å². The molecule has 1 heterocycles. The van der Waals surface area contributed by atoms with Crippen molar-refractivity contribution in [3.8, 4) is 0 Å². The molecule has 0 aromatic carbocycles. The minimum absolute atomic E-state index is 0.0664. The van der Waals surface area contributed by atoms with Crippen molar-refractivity contribution >= 4 is 0 Å². The maximum absolute atomic E-state index is 9.93. The first-order valence-electron chi connectivity index (χ1n) is 8.01. The molecule has 6 heteroatoms. The van der Waals surface area contributed by atoms with Crippen molar-refractivity contribution in [2.24, 2.45) is 0 Å². The molecule has 4 N–H and O–H groups in total. The first kappa shape index (κ1) is 18.8. The monoisotopic (exact) mass is 306 g/mol. The van der Waals surface area contributed by atoms with Crippen molar-refractivity contribution in [3.05, 3.63) is 0 Å². The molecule has 1 saturated heterocycles. The van der Waals surface area contributed by atoms with Crippen LogP contribution in [0.15, 0.2) is 0 Å². The topological polar surface area (TPSA) is 99.4 Å². The van der Waals surface area contributed by atoms with E-state index in [1.165, 1.54) is 12.8 Å². The maximum Gasteiger partial charge on any atom is 0.186 e. The van der Waals surface area contributed by atoms with E-state index in [1.807, 2.05) is 6.92 Å². The van der Waals surface area contributed by atoms with Crippen LogP contribution in [0, 0.1) is 0 Å². The van der Waals surface area contributed by atoms with Gasteiger partial charge < -0.3 is 29.9 Å². The van der Waals surface area contributed by atoms with Crippen LogP contribution in [0.1, 0.15) is 52.4 Å². The predicted octanol–water partition coefficient (Wildman–Crippen LogP) is 0.552. The number of aliphatic hydroxyl groups excluding tert-OH is 4. The molecule has 4 unspecified atom stereocenters. The van der Waals surface area contributed by atoms with Crippen LogP contribution in [0.2, 0.25) is 0 Å². The maximum atomic E-state index is 9.93. The fourth-order valence-corrected chi connectivity index (χ4v) is 2.54. The van der Waals surface area contributed by atoms with Crippen LogP contribution in [0.25, 0.3) is 0 Å². The summed E-state index contributed by atoms with van der Waals surface area (Å²) in [6.07, 6.45) is 0.175. The Morgan fingerprint density at radius 1 is 1.00 bits per heavy atom. The van der Waals surface area contributed by atoms with Crippen molar-refractivity contribution in [1.82, 2.24) is 0 Å². The average molecular weight is 306 g/mol. The summed E-state index contributed by atoms with van der Waals surface area (Å²) in [6.45, 7) is 3.72. The van der Waals surface area contributed by atoms with E-state index < -0.39 is 37.3 Å². The molecule has 0 amide bonds. The standard InChI is InChI=1S/C15H30O6/c1-3-5-6-7-8-10(4-2)20-15-14(19)13(18)12(17)11(9-16)21-15/h10-19H,3-9H2,1-2H3/t10?,11?,12-,13?,14?,15-/m1/s1. The van der Waals surface area contributed by atoms with Crippen LogP contribution < -0.4 is 0 Å². The van der Waals surface area contributed by atoms with E-state index in [-0.39, 0.29) is 6.10 Å². The molecule has 1 fully saturated rings. The second kappa shape index (κ2) is 9.71. The molecular formula is C15H30O6. The first-order valence-corrected chi connectivity index (χ1v) is 8.01. The largest absolute Gasteiger partial charge is 0.394 e. The minimum Gasteiger partial charge on any atom is -0.394 e. The highest BCUT2D eigenvalue weighted by molar-refractivity contribution is 4.89. The van der Waals surface area contributed by atoms with Gasteiger partial charge in [-0.25, -0.2) is 0 Å². The number of rotatable bonds is 9. The van der Waals surface area contributed by atoms with Crippen LogP contribution in [0.3, 0.4) is 0 Å². The predicted molar refractivity (Wildman–Crippen MR) is 77.7 cm³/mol. The number of unbranched alkanes of at least 4 members (excludes halogenated alkanes) is 3. The van der Waals surface area contributed by atoms with E-state index in [2.05, 4.69) is 6.92 Å². The summed E-state index contributed by atoms with van der Waals surface area (Å²) in [5.41, 5.74) is 0. The summed E-state index contributed by atoms with van der Waals surface area (Å²) in [6, 6.07) is 0. The summed E-state index contributed by atoms with van der Waals surface area (Å²) < 4.78 is 11.1. The van der Waals surface area contributed by atoms with Gasteiger partial charge in [0.2, 0.25) is 0 Å². The van der Waals surface area contributed by atoms with E-state index in [1.54, 1.807) is 0 Å². The van der Waals surface area contributed by atoms with E-state index in [9.17, 15) is 15.3 Å². The molecule has 0 radical (unpaired) electrons. The van der Waals surface area contributed by atoms with Crippen molar-refractivity contribution in [1.29, 1.82) is 0 Å². The third-order valence-electron chi connectivity index (χ3n) is 4.01. The van der Waals surface area contributed by atoms with Gasteiger partial charge in [-0.3, -0.25) is 0 Å². The van der Waals surface area contributed by atoms with Gasteiger partial charge in [0.25, 0.3) is 0 Å². The second-order valence-electron chi connectivity index (χ2n) is 5.71. The van der Waals surface area contributed by atoms with E-state index in [0.717, 1.165) is 25.7 Å². The van der Waals surface area contributed by atoms with Gasteiger partial charge in [0.05, 0.1) is 12.7 Å². The molecule has 0 spiro atoms. The highest BCUT2D eigenvalue weighted by atomic mass is 16.7. The summed E-state index contributed by atoms with van der Waals surface area (Å²) in [5, 5.41) is 38.5. The highest BCUT2D eigenvalue weighted by Crippen LogP contribution is 2.24. The zero-order valence-electron chi connectivity index (χ0n) is 13.0. The zero-order chi connectivity index (χ0) is 15.8. The van der Waals surface area contributed by atoms with Gasteiger partial charge in [0.1, 0.15) is 24.4 Å². The Labute approximate surface area is 126 Å². The summed E-state index contributed by atoms with van der Waals surface area (Å²) in [5.74, 6) is 0. The molecule has 21 heavy (non-hydrogen) atoms. The SMILES string of the molecule is CCCCCCC(CC)O[C@@H]1OC(CO)[C@@H](O)C(O)C1O.